The SMILES string of the molecule is CN=C(NCc1cccc(CN2CCC(C)CC2)c1)N1CCN(Cc2ccon2)CC1.I. The van der Waals surface area contributed by atoms with E-state index in [-0.39, 0.29) is 24.0 Å². The van der Waals surface area contributed by atoms with Crippen molar-refractivity contribution in [1.82, 2.24) is 25.2 Å². The van der Waals surface area contributed by atoms with Gasteiger partial charge in [-0.05, 0) is 43.0 Å². The molecule has 176 valence electrons. The molecule has 0 radical (unpaired) electrons. The Morgan fingerprint density at radius 1 is 1.03 bits per heavy atom. The Hall–Kier alpha value is -1.65. The van der Waals surface area contributed by atoms with E-state index in [0.29, 0.717) is 0 Å². The van der Waals surface area contributed by atoms with Crippen molar-refractivity contribution in [3.8, 4) is 0 Å². The van der Waals surface area contributed by atoms with Crippen LogP contribution in [0, 0.1) is 5.92 Å². The van der Waals surface area contributed by atoms with Crippen molar-refractivity contribution in [2.24, 2.45) is 10.9 Å². The standard InChI is InChI=1S/C24H36N6O.HI/c1-20-6-9-28(10-7-20)18-22-5-3-4-21(16-22)17-26-24(25-2)30-13-11-29(12-14-30)19-23-8-15-31-27-23;/h3-5,8,15-16,20H,6-7,9-14,17-19H2,1-2H3,(H,25,26);1H. The van der Waals surface area contributed by atoms with Crippen molar-refractivity contribution in [2.45, 2.75) is 39.4 Å². The van der Waals surface area contributed by atoms with Gasteiger partial charge in [-0.15, -0.1) is 24.0 Å². The summed E-state index contributed by atoms with van der Waals surface area (Å²) in [6.45, 7) is 11.4. The van der Waals surface area contributed by atoms with Crippen molar-refractivity contribution in [3.05, 3.63) is 53.4 Å². The summed E-state index contributed by atoms with van der Waals surface area (Å²) in [5.74, 6) is 1.86. The molecule has 2 aliphatic heterocycles. The minimum absolute atomic E-state index is 0. The number of hydrogen-bond acceptors (Lipinski definition) is 5. The Labute approximate surface area is 209 Å². The molecule has 0 unspecified atom stereocenters. The minimum atomic E-state index is 0. The van der Waals surface area contributed by atoms with Gasteiger partial charge >= 0.3 is 0 Å². The highest BCUT2D eigenvalue weighted by Crippen LogP contribution is 2.18. The van der Waals surface area contributed by atoms with Crippen LogP contribution >= 0.6 is 24.0 Å². The van der Waals surface area contributed by atoms with Gasteiger partial charge in [0.25, 0.3) is 0 Å². The van der Waals surface area contributed by atoms with E-state index in [1.165, 1.54) is 37.1 Å². The van der Waals surface area contributed by atoms with Gasteiger partial charge in [0, 0.05) is 58.9 Å². The fourth-order valence-electron chi connectivity index (χ4n) is 4.50. The first-order valence-corrected chi connectivity index (χ1v) is 11.6. The van der Waals surface area contributed by atoms with Gasteiger partial charge in [-0.2, -0.15) is 0 Å². The summed E-state index contributed by atoms with van der Waals surface area (Å²) < 4.78 is 4.94. The second-order valence-corrected chi connectivity index (χ2v) is 8.93. The van der Waals surface area contributed by atoms with E-state index >= 15 is 0 Å². The fourth-order valence-corrected chi connectivity index (χ4v) is 4.50. The van der Waals surface area contributed by atoms with Crippen LogP contribution in [0.1, 0.15) is 36.6 Å². The molecule has 0 amide bonds. The lowest BCUT2D eigenvalue weighted by molar-refractivity contribution is 0.169. The average Bonchev–Trinajstić information content (AvgIpc) is 3.30. The summed E-state index contributed by atoms with van der Waals surface area (Å²) in [6.07, 6.45) is 4.28. The number of nitrogens with zero attached hydrogens (tertiary/aromatic N) is 5. The van der Waals surface area contributed by atoms with Gasteiger partial charge in [-0.1, -0.05) is 36.3 Å². The summed E-state index contributed by atoms with van der Waals surface area (Å²) in [5.41, 5.74) is 3.72. The predicted octanol–water partition coefficient (Wildman–Crippen LogP) is 3.42. The zero-order valence-corrected chi connectivity index (χ0v) is 21.7. The maximum atomic E-state index is 4.94. The van der Waals surface area contributed by atoms with E-state index in [2.05, 4.69) is 61.4 Å². The topological polar surface area (TPSA) is 60.1 Å². The van der Waals surface area contributed by atoms with Crippen LogP contribution in [0.5, 0.6) is 0 Å². The number of hydrogen-bond donors (Lipinski definition) is 1. The summed E-state index contributed by atoms with van der Waals surface area (Å²) in [4.78, 5) is 11.9. The molecule has 1 aromatic heterocycles. The molecule has 2 saturated heterocycles. The first-order chi connectivity index (χ1) is 15.2. The van der Waals surface area contributed by atoms with E-state index in [1.54, 1.807) is 6.26 Å². The van der Waals surface area contributed by atoms with Crippen LogP contribution in [0.15, 0.2) is 46.1 Å². The Kier molecular flexibility index (Phi) is 9.80. The molecule has 0 spiro atoms. The van der Waals surface area contributed by atoms with Crippen LogP contribution in [-0.4, -0.2) is 72.1 Å². The molecule has 2 aliphatic rings. The minimum Gasteiger partial charge on any atom is -0.364 e. The molecule has 8 heteroatoms. The van der Waals surface area contributed by atoms with Gasteiger partial charge in [-0.3, -0.25) is 14.8 Å². The van der Waals surface area contributed by atoms with Gasteiger partial charge in [0.2, 0.25) is 0 Å². The second kappa shape index (κ2) is 12.6. The average molecular weight is 553 g/mol. The number of aromatic nitrogens is 1. The number of benzene rings is 1. The molecule has 0 atom stereocenters. The zero-order chi connectivity index (χ0) is 21.5. The molecule has 0 aliphatic carbocycles. The molecule has 1 N–H and O–H groups in total. The lowest BCUT2D eigenvalue weighted by Gasteiger charge is -2.36. The van der Waals surface area contributed by atoms with Crippen LogP contribution in [0.3, 0.4) is 0 Å². The molecule has 32 heavy (non-hydrogen) atoms. The van der Waals surface area contributed by atoms with Crippen LogP contribution < -0.4 is 5.32 Å². The van der Waals surface area contributed by atoms with Crippen LogP contribution in [0.25, 0.3) is 0 Å². The quantitative estimate of drug-likeness (QED) is 0.337. The van der Waals surface area contributed by atoms with Crippen molar-refractivity contribution >= 4 is 29.9 Å². The van der Waals surface area contributed by atoms with Gasteiger partial charge in [0.15, 0.2) is 5.96 Å². The van der Waals surface area contributed by atoms with Crippen molar-refractivity contribution in [2.75, 3.05) is 46.3 Å². The lowest BCUT2D eigenvalue weighted by Crippen LogP contribution is -2.52. The van der Waals surface area contributed by atoms with Crippen LogP contribution in [-0.2, 0) is 19.6 Å². The molecule has 3 heterocycles. The summed E-state index contributed by atoms with van der Waals surface area (Å²) in [7, 11) is 1.87. The van der Waals surface area contributed by atoms with E-state index < -0.39 is 0 Å². The number of guanidine groups is 1. The van der Waals surface area contributed by atoms with Gasteiger partial charge in [0.1, 0.15) is 6.26 Å². The summed E-state index contributed by atoms with van der Waals surface area (Å²) in [6, 6.07) is 10.9. The van der Waals surface area contributed by atoms with Gasteiger partial charge in [0.05, 0.1) is 5.69 Å². The highest BCUT2D eigenvalue weighted by atomic mass is 127. The third-order valence-electron chi connectivity index (χ3n) is 6.48. The number of aliphatic imine (C=N–C) groups is 1. The maximum Gasteiger partial charge on any atom is 0.194 e. The van der Waals surface area contributed by atoms with Crippen LogP contribution in [0.4, 0.5) is 0 Å². The first kappa shape index (κ1) is 25.0. The fraction of sp³-hybridized carbons (Fsp3) is 0.583. The molecule has 0 saturated carbocycles. The Morgan fingerprint density at radius 2 is 1.75 bits per heavy atom. The van der Waals surface area contributed by atoms with E-state index in [4.69, 9.17) is 4.52 Å². The molecule has 7 nitrogen and oxygen atoms in total. The van der Waals surface area contributed by atoms with Gasteiger partial charge in [-0.25, -0.2) is 0 Å². The predicted molar refractivity (Wildman–Crippen MR) is 139 cm³/mol. The number of halogens is 1. The summed E-state index contributed by atoms with van der Waals surface area (Å²) >= 11 is 0. The second-order valence-electron chi connectivity index (χ2n) is 8.93. The molecular formula is C24H37IN6O. The first-order valence-electron chi connectivity index (χ1n) is 11.6. The molecule has 4 rings (SSSR count). The third kappa shape index (κ3) is 7.18. The molecular weight excluding hydrogens is 515 g/mol. The number of piperidine rings is 1. The highest BCUT2D eigenvalue weighted by molar-refractivity contribution is 14.0. The Morgan fingerprint density at radius 3 is 2.44 bits per heavy atom. The molecule has 1 aromatic carbocycles. The third-order valence-corrected chi connectivity index (χ3v) is 6.48. The summed E-state index contributed by atoms with van der Waals surface area (Å²) in [5, 5.41) is 7.59. The Bertz CT molecular complexity index is 827. The van der Waals surface area contributed by atoms with Crippen molar-refractivity contribution < 1.29 is 4.52 Å². The number of piperazine rings is 1. The molecule has 2 fully saturated rings. The monoisotopic (exact) mass is 552 g/mol. The van der Waals surface area contributed by atoms with Gasteiger partial charge < -0.3 is 14.7 Å². The van der Waals surface area contributed by atoms with E-state index in [1.807, 2.05) is 13.1 Å². The zero-order valence-electron chi connectivity index (χ0n) is 19.4. The van der Waals surface area contributed by atoms with E-state index in [0.717, 1.165) is 63.4 Å². The normalized spacial score (nSPS) is 19.1. The smallest absolute Gasteiger partial charge is 0.194 e. The maximum absolute atomic E-state index is 4.94. The van der Waals surface area contributed by atoms with Crippen LogP contribution in [0.2, 0.25) is 0 Å². The molecule has 2 aromatic rings. The van der Waals surface area contributed by atoms with Crippen molar-refractivity contribution in [3.63, 3.8) is 0 Å². The largest absolute Gasteiger partial charge is 0.364 e. The highest BCUT2D eigenvalue weighted by Gasteiger charge is 2.20. The molecule has 0 bridgehead atoms. The lowest BCUT2D eigenvalue weighted by atomic mass is 9.98. The number of likely N-dealkylation sites (tertiary alicyclic amines) is 1. The number of rotatable bonds is 6. The number of nitrogens with one attached hydrogen (secondary N) is 1. The van der Waals surface area contributed by atoms with E-state index in [9.17, 15) is 0 Å². The Balaban J connectivity index is 0.00000289. The van der Waals surface area contributed by atoms with Crippen molar-refractivity contribution in [1.29, 1.82) is 0 Å².